The second-order valence-corrected chi connectivity index (χ2v) is 7.99. The molecule has 1 aliphatic rings. The van der Waals surface area contributed by atoms with Gasteiger partial charge in [0.05, 0.1) is 25.5 Å². The first kappa shape index (κ1) is 23.0. The van der Waals surface area contributed by atoms with E-state index in [-0.39, 0.29) is 0 Å². The summed E-state index contributed by atoms with van der Waals surface area (Å²) in [6, 6.07) is 6.55. The highest BCUT2D eigenvalue weighted by Gasteiger charge is 2.16. The van der Waals surface area contributed by atoms with Crippen LogP contribution >= 0.6 is 12.2 Å². The fraction of sp³-hybridized carbons (Fsp3) is 0.727. The van der Waals surface area contributed by atoms with Crippen LogP contribution in [0.2, 0.25) is 0 Å². The third-order valence-electron chi connectivity index (χ3n) is 5.35. The molecule has 0 spiro atoms. The Kier molecular flexibility index (Phi) is 11.4. The van der Waals surface area contributed by atoms with Gasteiger partial charge >= 0.3 is 0 Å². The zero-order valence-electron chi connectivity index (χ0n) is 17.7. The summed E-state index contributed by atoms with van der Waals surface area (Å²) in [5.41, 5.74) is 1.07. The molecule has 0 aromatic carbocycles. The summed E-state index contributed by atoms with van der Waals surface area (Å²) in [6.45, 7) is 11.1. The summed E-state index contributed by atoms with van der Waals surface area (Å²) in [6.07, 6.45) is 9.07. The Hall–Kier alpha value is -1.24. The summed E-state index contributed by atoms with van der Waals surface area (Å²) < 4.78 is 5.45. The number of hydrogen-bond donors (Lipinski definition) is 1. The largest absolute Gasteiger partial charge is 0.379 e. The molecule has 0 bridgehead atoms. The van der Waals surface area contributed by atoms with Gasteiger partial charge in [-0.15, -0.1) is 0 Å². The van der Waals surface area contributed by atoms with Crippen LogP contribution in [0.1, 0.15) is 58.1 Å². The number of morpholine rings is 1. The smallest absolute Gasteiger partial charge is 0.169 e. The van der Waals surface area contributed by atoms with Crippen LogP contribution in [0.5, 0.6) is 0 Å². The van der Waals surface area contributed by atoms with Crippen LogP contribution in [-0.4, -0.2) is 65.3 Å². The van der Waals surface area contributed by atoms with E-state index in [1.54, 1.807) is 0 Å². The molecule has 1 aromatic heterocycles. The maximum absolute atomic E-state index is 5.82. The first-order valence-electron chi connectivity index (χ1n) is 11.0. The number of nitrogens with zero attached hydrogens (tertiary/aromatic N) is 3. The van der Waals surface area contributed by atoms with E-state index in [0.717, 1.165) is 69.6 Å². The van der Waals surface area contributed by atoms with Crippen molar-refractivity contribution in [3.05, 3.63) is 30.1 Å². The normalized spacial score (nSPS) is 15.9. The SMILES string of the molecule is CCCCCC(CC)NC(=S)N(CCCN1CCOCC1)Cc1ccccn1. The molecule has 0 radical (unpaired) electrons. The maximum atomic E-state index is 5.82. The minimum Gasteiger partial charge on any atom is -0.379 e. The van der Waals surface area contributed by atoms with Crippen LogP contribution < -0.4 is 5.32 Å². The van der Waals surface area contributed by atoms with Crippen molar-refractivity contribution >= 4 is 17.3 Å². The minimum atomic E-state index is 0.463. The summed E-state index contributed by atoms with van der Waals surface area (Å²) in [5.74, 6) is 0. The number of thiocarbonyl (C=S) groups is 1. The fourth-order valence-electron chi connectivity index (χ4n) is 3.53. The lowest BCUT2D eigenvalue weighted by atomic mass is 10.1. The van der Waals surface area contributed by atoms with E-state index in [0.29, 0.717) is 6.04 Å². The van der Waals surface area contributed by atoms with Gasteiger partial charge in [0, 0.05) is 38.4 Å². The summed E-state index contributed by atoms with van der Waals surface area (Å²) >= 11 is 5.82. The predicted octanol–water partition coefficient (Wildman–Crippen LogP) is 3.84. The molecule has 1 unspecified atom stereocenters. The van der Waals surface area contributed by atoms with Crippen molar-refractivity contribution in [2.75, 3.05) is 39.4 Å². The van der Waals surface area contributed by atoms with Crippen LogP contribution in [0.4, 0.5) is 0 Å². The molecular formula is C22H38N4OS. The van der Waals surface area contributed by atoms with Crippen molar-refractivity contribution < 1.29 is 4.74 Å². The van der Waals surface area contributed by atoms with Crippen LogP contribution in [0.3, 0.4) is 0 Å². The molecule has 0 saturated carbocycles. The van der Waals surface area contributed by atoms with Gasteiger partial charge in [-0.3, -0.25) is 9.88 Å². The predicted molar refractivity (Wildman–Crippen MR) is 120 cm³/mol. The molecule has 0 amide bonds. The van der Waals surface area contributed by atoms with E-state index in [4.69, 9.17) is 17.0 Å². The first-order chi connectivity index (χ1) is 13.7. The Morgan fingerprint density at radius 2 is 2.07 bits per heavy atom. The maximum Gasteiger partial charge on any atom is 0.169 e. The van der Waals surface area contributed by atoms with Gasteiger partial charge in [-0.2, -0.15) is 0 Å². The summed E-state index contributed by atoms with van der Waals surface area (Å²) in [4.78, 5) is 9.28. The van der Waals surface area contributed by atoms with Gasteiger partial charge in [0.15, 0.2) is 5.11 Å². The summed E-state index contributed by atoms with van der Waals surface area (Å²) in [5, 5.41) is 4.50. The molecule has 2 rings (SSSR count). The average molecular weight is 407 g/mol. The lowest BCUT2D eigenvalue weighted by Crippen LogP contribution is -2.45. The van der Waals surface area contributed by atoms with E-state index < -0.39 is 0 Å². The minimum absolute atomic E-state index is 0.463. The van der Waals surface area contributed by atoms with Gasteiger partial charge in [0.25, 0.3) is 0 Å². The molecule has 1 fully saturated rings. The molecule has 6 heteroatoms. The van der Waals surface area contributed by atoms with Gasteiger partial charge in [0.2, 0.25) is 0 Å². The van der Waals surface area contributed by atoms with Crippen molar-refractivity contribution in [2.45, 2.75) is 65.0 Å². The van der Waals surface area contributed by atoms with Crippen LogP contribution in [0, 0.1) is 0 Å². The third-order valence-corrected chi connectivity index (χ3v) is 5.72. The number of nitrogens with one attached hydrogen (secondary N) is 1. The number of pyridine rings is 1. The highest BCUT2D eigenvalue weighted by molar-refractivity contribution is 7.80. The van der Waals surface area contributed by atoms with E-state index >= 15 is 0 Å². The molecule has 1 atom stereocenters. The zero-order chi connectivity index (χ0) is 20.0. The van der Waals surface area contributed by atoms with Crippen LogP contribution in [0.25, 0.3) is 0 Å². The topological polar surface area (TPSA) is 40.6 Å². The van der Waals surface area contributed by atoms with Crippen molar-refractivity contribution in [1.29, 1.82) is 0 Å². The Morgan fingerprint density at radius 3 is 2.75 bits per heavy atom. The fourth-order valence-corrected chi connectivity index (χ4v) is 3.86. The highest BCUT2D eigenvalue weighted by atomic mass is 32.1. The van der Waals surface area contributed by atoms with E-state index in [1.165, 1.54) is 25.7 Å². The molecular weight excluding hydrogens is 368 g/mol. The van der Waals surface area contributed by atoms with E-state index in [2.05, 4.69) is 40.0 Å². The molecule has 158 valence electrons. The number of unbranched alkanes of at least 4 members (excludes halogenated alkanes) is 2. The van der Waals surface area contributed by atoms with Gasteiger partial charge in [-0.05, 0) is 43.6 Å². The molecule has 1 aromatic rings. The second-order valence-electron chi connectivity index (χ2n) is 7.60. The quantitative estimate of drug-likeness (QED) is 0.420. The zero-order valence-corrected chi connectivity index (χ0v) is 18.6. The molecule has 2 heterocycles. The standard InChI is InChI=1S/C22H38N4OS/c1-3-5-6-10-20(4-2)24-22(28)26(19-21-11-7-8-12-23-21)14-9-13-25-15-17-27-18-16-25/h7-8,11-12,20H,3-6,9-10,13-19H2,1-2H3,(H,24,28). The van der Waals surface area contributed by atoms with Gasteiger partial charge in [0.1, 0.15) is 0 Å². The molecule has 1 aliphatic heterocycles. The summed E-state index contributed by atoms with van der Waals surface area (Å²) in [7, 11) is 0. The number of ether oxygens (including phenoxy) is 1. The molecule has 28 heavy (non-hydrogen) atoms. The van der Waals surface area contributed by atoms with Crippen molar-refractivity contribution in [3.8, 4) is 0 Å². The van der Waals surface area contributed by atoms with Crippen molar-refractivity contribution in [2.24, 2.45) is 0 Å². The Balaban J connectivity index is 1.88. The van der Waals surface area contributed by atoms with Crippen molar-refractivity contribution in [3.63, 3.8) is 0 Å². The lowest BCUT2D eigenvalue weighted by Gasteiger charge is -2.31. The van der Waals surface area contributed by atoms with Crippen LogP contribution in [0.15, 0.2) is 24.4 Å². The second kappa shape index (κ2) is 13.9. The van der Waals surface area contributed by atoms with Gasteiger partial charge < -0.3 is 15.0 Å². The van der Waals surface area contributed by atoms with Crippen LogP contribution in [-0.2, 0) is 11.3 Å². The number of aromatic nitrogens is 1. The first-order valence-corrected chi connectivity index (χ1v) is 11.4. The van der Waals surface area contributed by atoms with Gasteiger partial charge in [-0.1, -0.05) is 39.2 Å². The average Bonchev–Trinajstić information content (AvgIpc) is 2.74. The van der Waals surface area contributed by atoms with E-state index in [9.17, 15) is 0 Å². The molecule has 0 aliphatic carbocycles. The lowest BCUT2D eigenvalue weighted by molar-refractivity contribution is 0.0367. The number of hydrogen-bond acceptors (Lipinski definition) is 4. The van der Waals surface area contributed by atoms with Gasteiger partial charge in [-0.25, -0.2) is 0 Å². The molecule has 1 saturated heterocycles. The monoisotopic (exact) mass is 406 g/mol. The van der Waals surface area contributed by atoms with E-state index in [1.807, 2.05) is 18.3 Å². The Morgan fingerprint density at radius 1 is 1.25 bits per heavy atom. The Labute approximate surface area is 176 Å². The van der Waals surface area contributed by atoms with Crippen molar-refractivity contribution in [1.82, 2.24) is 20.1 Å². The molecule has 1 N–H and O–H groups in total. The number of rotatable bonds is 12. The molecule has 5 nitrogen and oxygen atoms in total. The third kappa shape index (κ3) is 8.84. The highest BCUT2D eigenvalue weighted by Crippen LogP contribution is 2.10. The Bertz CT molecular complexity index is 537.